The fourth-order valence-electron chi connectivity index (χ4n) is 4.15. The zero-order valence-corrected chi connectivity index (χ0v) is 15.4. The fraction of sp³-hybridized carbons (Fsp3) is 0.526. The van der Waals surface area contributed by atoms with Crippen molar-refractivity contribution in [3.8, 4) is 0 Å². The normalized spacial score (nSPS) is 19.1. The number of rotatable bonds is 5. The first-order valence-electron chi connectivity index (χ1n) is 9.51. The zero-order valence-electron chi connectivity index (χ0n) is 15.4. The molecule has 1 spiro atoms. The third-order valence-corrected chi connectivity index (χ3v) is 5.66. The van der Waals surface area contributed by atoms with Crippen molar-refractivity contribution in [2.45, 2.75) is 44.1 Å². The van der Waals surface area contributed by atoms with Crippen molar-refractivity contribution in [2.75, 3.05) is 18.4 Å². The molecule has 0 bridgehead atoms. The Morgan fingerprint density at radius 1 is 1.26 bits per heavy atom. The van der Waals surface area contributed by atoms with Crippen molar-refractivity contribution in [3.63, 3.8) is 0 Å². The van der Waals surface area contributed by atoms with E-state index in [0.717, 1.165) is 32.1 Å². The van der Waals surface area contributed by atoms with Crippen LogP contribution in [0.3, 0.4) is 0 Å². The third kappa shape index (κ3) is 3.02. The van der Waals surface area contributed by atoms with Crippen molar-refractivity contribution in [1.29, 1.82) is 0 Å². The quantitative estimate of drug-likeness (QED) is 0.624. The van der Waals surface area contributed by atoms with Crippen LogP contribution in [0.5, 0.6) is 0 Å². The predicted octanol–water partition coefficient (Wildman–Crippen LogP) is 2.77. The van der Waals surface area contributed by atoms with E-state index in [2.05, 4.69) is 15.6 Å². The van der Waals surface area contributed by atoms with Crippen LogP contribution in [-0.2, 0) is 11.8 Å². The van der Waals surface area contributed by atoms with E-state index in [1.165, 1.54) is 11.0 Å². The van der Waals surface area contributed by atoms with Gasteiger partial charge in [0.2, 0.25) is 5.95 Å². The number of urea groups is 1. The Morgan fingerprint density at radius 3 is 2.78 bits per heavy atom. The van der Waals surface area contributed by atoms with Crippen molar-refractivity contribution >= 4 is 28.9 Å². The molecule has 0 unspecified atom stereocenters. The molecule has 1 aromatic carbocycles. The van der Waals surface area contributed by atoms with E-state index in [0.29, 0.717) is 36.5 Å². The van der Waals surface area contributed by atoms with Crippen LogP contribution >= 0.6 is 0 Å². The van der Waals surface area contributed by atoms with Gasteiger partial charge in [-0.15, -0.1) is 0 Å². The second kappa shape index (κ2) is 6.83. The zero-order chi connectivity index (χ0) is 19.0. The molecule has 7 nitrogen and oxygen atoms in total. The minimum Gasteiger partial charge on any atom is -0.356 e. The third-order valence-electron chi connectivity index (χ3n) is 5.66. The second-order valence-electron chi connectivity index (χ2n) is 7.41. The van der Waals surface area contributed by atoms with Gasteiger partial charge in [-0.05, 0) is 31.4 Å². The second-order valence-corrected chi connectivity index (χ2v) is 7.41. The highest BCUT2D eigenvalue weighted by Gasteiger charge is 2.50. The summed E-state index contributed by atoms with van der Waals surface area (Å²) in [6.07, 6.45) is 5.14. The summed E-state index contributed by atoms with van der Waals surface area (Å²) in [5.41, 5.74) is 0.374. The summed E-state index contributed by atoms with van der Waals surface area (Å²) < 4.78 is 15.6. The number of carbonyl (C=O) groups is 2. The van der Waals surface area contributed by atoms with Crippen LogP contribution in [0.15, 0.2) is 18.2 Å². The van der Waals surface area contributed by atoms with Gasteiger partial charge < -0.3 is 15.2 Å². The number of halogens is 1. The largest absolute Gasteiger partial charge is 0.356 e. The van der Waals surface area contributed by atoms with Gasteiger partial charge in [0.25, 0.3) is 5.91 Å². The molecule has 2 aliphatic rings. The minimum atomic E-state index is -0.669. The summed E-state index contributed by atoms with van der Waals surface area (Å²) in [4.78, 5) is 30.6. The van der Waals surface area contributed by atoms with E-state index in [1.54, 1.807) is 10.6 Å². The molecule has 144 valence electrons. The van der Waals surface area contributed by atoms with Gasteiger partial charge in [0.05, 0.1) is 5.52 Å². The maximum absolute atomic E-state index is 13.8. The van der Waals surface area contributed by atoms with Crippen LogP contribution in [0.25, 0.3) is 11.0 Å². The molecule has 0 atom stereocenters. The molecule has 27 heavy (non-hydrogen) atoms. The highest BCUT2D eigenvalue weighted by Crippen LogP contribution is 2.33. The molecule has 1 saturated heterocycles. The predicted molar refractivity (Wildman–Crippen MR) is 99.8 cm³/mol. The molecule has 2 heterocycles. The van der Waals surface area contributed by atoms with Crippen LogP contribution in [0, 0.1) is 5.82 Å². The molecule has 1 aliphatic carbocycles. The molecular weight excluding hydrogens is 349 g/mol. The Hall–Kier alpha value is -2.64. The lowest BCUT2D eigenvalue weighted by molar-refractivity contribution is -0.132. The molecule has 8 heteroatoms. The lowest BCUT2D eigenvalue weighted by atomic mass is 9.82. The minimum absolute atomic E-state index is 0.0861. The van der Waals surface area contributed by atoms with E-state index in [9.17, 15) is 14.0 Å². The molecule has 3 amide bonds. The SMILES string of the molecule is Cn1c(NCCCN2C(=O)NC3(CCCCC3)C2=O)nc2c(F)cccc21. The number of para-hydroxylation sites is 1. The lowest BCUT2D eigenvalue weighted by Gasteiger charge is -2.30. The number of fused-ring (bicyclic) bond motifs is 1. The van der Waals surface area contributed by atoms with Gasteiger partial charge in [0.1, 0.15) is 11.1 Å². The van der Waals surface area contributed by atoms with E-state index in [4.69, 9.17) is 0 Å². The number of hydrogen-bond donors (Lipinski definition) is 2. The summed E-state index contributed by atoms with van der Waals surface area (Å²) in [6.45, 7) is 0.889. The topological polar surface area (TPSA) is 79.3 Å². The number of amides is 3. The average molecular weight is 373 g/mol. The van der Waals surface area contributed by atoms with Crippen LogP contribution in [0.1, 0.15) is 38.5 Å². The lowest BCUT2D eigenvalue weighted by Crippen LogP contribution is -2.48. The molecular formula is C19H24FN5O2. The smallest absolute Gasteiger partial charge is 0.325 e. The number of carbonyl (C=O) groups excluding carboxylic acids is 2. The van der Waals surface area contributed by atoms with Gasteiger partial charge in [-0.2, -0.15) is 0 Å². The summed E-state index contributed by atoms with van der Waals surface area (Å²) in [5, 5.41) is 6.09. The van der Waals surface area contributed by atoms with Crippen molar-refractivity contribution in [2.24, 2.45) is 7.05 Å². The fourth-order valence-corrected chi connectivity index (χ4v) is 4.15. The van der Waals surface area contributed by atoms with E-state index >= 15 is 0 Å². The molecule has 2 aromatic rings. The van der Waals surface area contributed by atoms with Crippen LogP contribution in [0.4, 0.5) is 15.1 Å². The number of anilines is 1. The maximum Gasteiger partial charge on any atom is 0.325 e. The number of hydrogen-bond acceptors (Lipinski definition) is 4. The first-order valence-corrected chi connectivity index (χ1v) is 9.51. The highest BCUT2D eigenvalue weighted by atomic mass is 19.1. The van der Waals surface area contributed by atoms with Gasteiger partial charge in [-0.25, -0.2) is 14.2 Å². The number of nitrogens with one attached hydrogen (secondary N) is 2. The summed E-state index contributed by atoms with van der Waals surface area (Å²) in [6, 6.07) is 4.57. The van der Waals surface area contributed by atoms with Crippen LogP contribution in [0.2, 0.25) is 0 Å². The Kier molecular flexibility index (Phi) is 4.49. The Morgan fingerprint density at radius 2 is 2.04 bits per heavy atom. The monoisotopic (exact) mass is 373 g/mol. The van der Waals surface area contributed by atoms with Crippen molar-refractivity contribution in [1.82, 2.24) is 19.8 Å². The maximum atomic E-state index is 13.8. The number of aryl methyl sites for hydroxylation is 1. The summed E-state index contributed by atoms with van der Waals surface area (Å²) >= 11 is 0. The van der Waals surface area contributed by atoms with E-state index < -0.39 is 5.54 Å². The molecule has 1 aromatic heterocycles. The first-order chi connectivity index (χ1) is 13.0. The molecule has 4 rings (SSSR count). The molecule has 2 fully saturated rings. The van der Waals surface area contributed by atoms with Crippen molar-refractivity contribution in [3.05, 3.63) is 24.0 Å². The number of imide groups is 1. The van der Waals surface area contributed by atoms with Crippen LogP contribution < -0.4 is 10.6 Å². The Balaban J connectivity index is 1.35. The van der Waals surface area contributed by atoms with Gasteiger partial charge in [0.15, 0.2) is 5.82 Å². The molecule has 1 saturated carbocycles. The number of imidazole rings is 1. The summed E-state index contributed by atoms with van der Waals surface area (Å²) in [5.74, 6) is 0.126. The number of aromatic nitrogens is 2. The van der Waals surface area contributed by atoms with Crippen molar-refractivity contribution < 1.29 is 14.0 Å². The molecule has 1 aliphatic heterocycles. The molecule has 0 radical (unpaired) electrons. The van der Waals surface area contributed by atoms with E-state index in [1.807, 2.05) is 13.1 Å². The number of benzene rings is 1. The van der Waals surface area contributed by atoms with Gasteiger partial charge in [-0.3, -0.25) is 9.69 Å². The Labute approximate surface area is 156 Å². The van der Waals surface area contributed by atoms with Gasteiger partial charge >= 0.3 is 6.03 Å². The van der Waals surface area contributed by atoms with E-state index in [-0.39, 0.29) is 17.8 Å². The van der Waals surface area contributed by atoms with Gasteiger partial charge in [0, 0.05) is 20.1 Å². The first kappa shape index (κ1) is 17.8. The van der Waals surface area contributed by atoms with Crippen LogP contribution in [-0.4, -0.2) is 45.0 Å². The summed E-state index contributed by atoms with van der Waals surface area (Å²) in [7, 11) is 1.82. The molecule has 2 N–H and O–H groups in total. The Bertz CT molecular complexity index is 888. The standard InChI is InChI=1S/C19H24FN5O2/c1-24-14-8-5-7-13(20)15(14)22-17(24)21-11-6-12-25-16(26)19(23-18(25)27)9-3-2-4-10-19/h5,7-8H,2-4,6,9-12H2,1H3,(H,21,22)(H,23,27). The highest BCUT2D eigenvalue weighted by molar-refractivity contribution is 6.07. The van der Waals surface area contributed by atoms with Gasteiger partial charge in [-0.1, -0.05) is 25.3 Å². The number of nitrogens with zero attached hydrogens (tertiary/aromatic N) is 3. The average Bonchev–Trinajstić information content (AvgIpc) is 3.10.